The molecular formula is C9H15NO2S. The lowest BCUT2D eigenvalue weighted by Crippen LogP contribution is -2.30. The van der Waals surface area contributed by atoms with Crippen LogP contribution in [0.15, 0.2) is 17.5 Å². The van der Waals surface area contributed by atoms with E-state index in [1.54, 1.807) is 11.3 Å². The van der Waals surface area contributed by atoms with E-state index in [-0.39, 0.29) is 12.6 Å². The summed E-state index contributed by atoms with van der Waals surface area (Å²) in [6, 6.07) is 4.29. The Morgan fingerprint density at radius 2 is 2.38 bits per heavy atom. The summed E-state index contributed by atoms with van der Waals surface area (Å²) >= 11 is 1.68. The number of rotatable bonds is 5. The molecule has 3 N–H and O–H groups in total. The first-order valence-electron chi connectivity index (χ1n) is 4.29. The van der Waals surface area contributed by atoms with Crippen molar-refractivity contribution in [3.05, 3.63) is 22.4 Å². The summed E-state index contributed by atoms with van der Waals surface area (Å²) in [5.74, 6) is 0. The van der Waals surface area contributed by atoms with Gasteiger partial charge in [-0.1, -0.05) is 6.07 Å². The molecule has 0 fully saturated rings. The summed E-state index contributed by atoms with van der Waals surface area (Å²) in [7, 11) is 0. The second kappa shape index (κ2) is 5.34. The molecule has 0 aromatic carbocycles. The molecule has 0 unspecified atom stereocenters. The minimum Gasteiger partial charge on any atom is -0.394 e. The smallest absolute Gasteiger partial charge is 0.0895 e. The molecule has 0 aliphatic heterocycles. The van der Waals surface area contributed by atoms with E-state index >= 15 is 0 Å². The second-order valence-electron chi connectivity index (χ2n) is 2.98. The topological polar surface area (TPSA) is 52.5 Å². The molecule has 0 aliphatic carbocycles. The van der Waals surface area contributed by atoms with E-state index in [0.29, 0.717) is 6.54 Å². The van der Waals surface area contributed by atoms with Crippen LogP contribution in [0.4, 0.5) is 0 Å². The number of nitrogens with one attached hydrogen (secondary N) is 1. The van der Waals surface area contributed by atoms with E-state index in [4.69, 9.17) is 10.2 Å². The van der Waals surface area contributed by atoms with Crippen LogP contribution < -0.4 is 5.32 Å². The molecule has 4 heteroatoms. The molecule has 1 heterocycles. The Hall–Kier alpha value is -0.420. The maximum absolute atomic E-state index is 9.10. The Morgan fingerprint density at radius 3 is 2.92 bits per heavy atom. The van der Waals surface area contributed by atoms with E-state index in [1.165, 1.54) is 4.88 Å². The van der Waals surface area contributed by atoms with Crippen molar-refractivity contribution in [1.82, 2.24) is 5.32 Å². The van der Waals surface area contributed by atoms with E-state index in [1.807, 2.05) is 24.4 Å². The Kier molecular flexibility index (Phi) is 4.38. The fraction of sp³-hybridized carbons (Fsp3) is 0.556. The highest BCUT2D eigenvalue weighted by Crippen LogP contribution is 2.17. The van der Waals surface area contributed by atoms with Gasteiger partial charge in [-0.25, -0.2) is 0 Å². The van der Waals surface area contributed by atoms with Gasteiger partial charge in [-0.05, 0) is 18.4 Å². The lowest BCUT2D eigenvalue weighted by molar-refractivity contribution is 0.0925. The highest BCUT2D eigenvalue weighted by molar-refractivity contribution is 7.10. The third-order valence-corrected chi connectivity index (χ3v) is 2.90. The van der Waals surface area contributed by atoms with E-state index < -0.39 is 6.10 Å². The number of thiophene rings is 1. The van der Waals surface area contributed by atoms with E-state index in [9.17, 15) is 0 Å². The molecule has 0 radical (unpaired) electrons. The highest BCUT2D eigenvalue weighted by atomic mass is 32.1. The van der Waals surface area contributed by atoms with Crippen LogP contribution >= 0.6 is 11.3 Å². The first kappa shape index (κ1) is 10.7. The third-order valence-electron chi connectivity index (χ3n) is 1.84. The van der Waals surface area contributed by atoms with Crippen LogP contribution in [0.1, 0.15) is 17.8 Å². The first-order chi connectivity index (χ1) is 6.24. The standard InChI is InChI=1S/C9H15NO2S/c1-7(9-3-2-4-13-9)10-5-8(12)6-11/h2-4,7-8,10-12H,5-6H2,1H3/t7-,8-/m0/s1. The minimum atomic E-state index is -0.664. The number of aliphatic hydroxyl groups is 2. The van der Waals surface area contributed by atoms with Gasteiger partial charge < -0.3 is 15.5 Å². The van der Waals surface area contributed by atoms with Crippen LogP contribution in [0.25, 0.3) is 0 Å². The van der Waals surface area contributed by atoms with Crippen LogP contribution in [0.2, 0.25) is 0 Å². The van der Waals surface area contributed by atoms with Crippen molar-refractivity contribution in [1.29, 1.82) is 0 Å². The maximum atomic E-state index is 9.10. The summed E-state index contributed by atoms with van der Waals surface area (Å²) in [4.78, 5) is 1.24. The fourth-order valence-corrected chi connectivity index (χ4v) is 1.77. The number of aliphatic hydroxyl groups excluding tert-OH is 2. The fourth-order valence-electron chi connectivity index (χ4n) is 1.02. The molecule has 1 aromatic rings. The monoisotopic (exact) mass is 201 g/mol. The van der Waals surface area contributed by atoms with Crippen molar-refractivity contribution in [2.45, 2.75) is 19.1 Å². The zero-order chi connectivity index (χ0) is 9.68. The van der Waals surface area contributed by atoms with Gasteiger partial charge >= 0.3 is 0 Å². The second-order valence-corrected chi connectivity index (χ2v) is 3.96. The van der Waals surface area contributed by atoms with Crippen molar-refractivity contribution < 1.29 is 10.2 Å². The van der Waals surface area contributed by atoms with Gasteiger partial charge in [0.15, 0.2) is 0 Å². The van der Waals surface area contributed by atoms with Gasteiger partial charge in [-0.3, -0.25) is 0 Å². The van der Waals surface area contributed by atoms with Crippen molar-refractivity contribution in [2.75, 3.05) is 13.2 Å². The Balaban J connectivity index is 2.30. The van der Waals surface area contributed by atoms with Gasteiger partial charge in [-0.15, -0.1) is 11.3 Å². The van der Waals surface area contributed by atoms with Crippen LogP contribution in [-0.4, -0.2) is 29.5 Å². The molecule has 2 atom stereocenters. The van der Waals surface area contributed by atoms with Crippen molar-refractivity contribution in [3.8, 4) is 0 Å². The molecule has 74 valence electrons. The molecule has 0 aliphatic rings. The van der Waals surface area contributed by atoms with Gasteiger partial charge in [0.25, 0.3) is 0 Å². The predicted octanol–water partition coefficient (Wildman–Crippen LogP) is 0.752. The van der Waals surface area contributed by atoms with Crippen molar-refractivity contribution in [3.63, 3.8) is 0 Å². The molecule has 0 spiro atoms. The van der Waals surface area contributed by atoms with Crippen LogP contribution in [-0.2, 0) is 0 Å². The number of hydrogen-bond acceptors (Lipinski definition) is 4. The molecule has 0 bridgehead atoms. The Labute approximate surface area is 82.0 Å². The quantitative estimate of drug-likeness (QED) is 0.659. The summed E-state index contributed by atoms with van der Waals surface area (Å²) in [5, 5.41) is 22.8. The van der Waals surface area contributed by atoms with Crippen LogP contribution in [0.3, 0.4) is 0 Å². The largest absolute Gasteiger partial charge is 0.394 e. The van der Waals surface area contributed by atoms with Crippen molar-refractivity contribution in [2.24, 2.45) is 0 Å². The molecule has 13 heavy (non-hydrogen) atoms. The summed E-state index contributed by atoms with van der Waals surface area (Å²) in [6.07, 6.45) is -0.664. The Bertz CT molecular complexity index is 226. The third kappa shape index (κ3) is 3.44. The lowest BCUT2D eigenvalue weighted by atomic mass is 10.2. The zero-order valence-electron chi connectivity index (χ0n) is 7.60. The van der Waals surface area contributed by atoms with E-state index in [2.05, 4.69) is 5.32 Å². The van der Waals surface area contributed by atoms with Crippen LogP contribution in [0.5, 0.6) is 0 Å². The van der Waals surface area contributed by atoms with Gasteiger partial charge in [0.1, 0.15) is 0 Å². The normalized spacial score (nSPS) is 15.6. The lowest BCUT2D eigenvalue weighted by Gasteiger charge is -2.14. The molecular weight excluding hydrogens is 186 g/mol. The van der Waals surface area contributed by atoms with E-state index in [0.717, 1.165) is 0 Å². The first-order valence-corrected chi connectivity index (χ1v) is 5.17. The van der Waals surface area contributed by atoms with Crippen molar-refractivity contribution >= 4 is 11.3 Å². The average molecular weight is 201 g/mol. The van der Waals surface area contributed by atoms with Crippen LogP contribution in [0, 0.1) is 0 Å². The number of hydrogen-bond donors (Lipinski definition) is 3. The Morgan fingerprint density at radius 1 is 1.62 bits per heavy atom. The average Bonchev–Trinajstić information content (AvgIpc) is 2.66. The molecule has 0 saturated heterocycles. The molecule has 0 amide bonds. The summed E-state index contributed by atoms with van der Waals surface area (Å²) < 4.78 is 0. The summed E-state index contributed by atoms with van der Waals surface area (Å²) in [5.41, 5.74) is 0. The maximum Gasteiger partial charge on any atom is 0.0895 e. The molecule has 0 saturated carbocycles. The highest BCUT2D eigenvalue weighted by Gasteiger charge is 2.07. The molecule has 3 nitrogen and oxygen atoms in total. The van der Waals surface area contributed by atoms with Gasteiger partial charge in [-0.2, -0.15) is 0 Å². The minimum absolute atomic E-state index is 0.190. The van der Waals surface area contributed by atoms with Gasteiger partial charge in [0, 0.05) is 17.5 Å². The predicted molar refractivity (Wildman–Crippen MR) is 53.8 cm³/mol. The SMILES string of the molecule is C[C@H](NC[C@H](O)CO)c1cccs1. The molecule has 1 aromatic heterocycles. The van der Waals surface area contributed by atoms with Gasteiger partial charge in [0.2, 0.25) is 0 Å². The zero-order valence-corrected chi connectivity index (χ0v) is 8.42. The van der Waals surface area contributed by atoms with Gasteiger partial charge in [0.05, 0.1) is 12.7 Å². The summed E-state index contributed by atoms with van der Waals surface area (Å²) in [6.45, 7) is 2.27. The molecule has 1 rings (SSSR count).